The number of aromatic amines is 1. The Hall–Kier alpha value is -1.69. The van der Waals surface area contributed by atoms with Crippen LogP contribution in [0.5, 0.6) is 0 Å². The van der Waals surface area contributed by atoms with Gasteiger partial charge in [0.25, 0.3) is 0 Å². The standard InChI is InChI=1S/C11H17N5O/c1-8(4-5-12)2-3-9-15-11(16-17-9)10-13-6-7-14-10/h6-8H,2-5,12H2,1H3,(H,13,14). The van der Waals surface area contributed by atoms with Crippen molar-refractivity contribution in [1.82, 2.24) is 20.1 Å². The SMILES string of the molecule is CC(CCN)CCc1nc(-c2ncc[nH]2)no1. The van der Waals surface area contributed by atoms with Gasteiger partial charge in [0.15, 0.2) is 5.82 Å². The van der Waals surface area contributed by atoms with E-state index < -0.39 is 0 Å². The van der Waals surface area contributed by atoms with Crippen LogP contribution in [-0.2, 0) is 6.42 Å². The third-order valence-electron chi connectivity index (χ3n) is 2.69. The van der Waals surface area contributed by atoms with Crippen molar-refractivity contribution in [2.24, 2.45) is 11.7 Å². The van der Waals surface area contributed by atoms with E-state index in [2.05, 4.69) is 27.0 Å². The number of nitrogens with one attached hydrogen (secondary N) is 1. The van der Waals surface area contributed by atoms with E-state index in [0.29, 0.717) is 23.5 Å². The number of hydrogen-bond acceptors (Lipinski definition) is 5. The van der Waals surface area contributed by atoms with Gasteiger partial charge in [-0.15, -0.1) is 0 Å². The molecule has 6 nitrogen and oxygen atoms in total. The van der Waals surface area contributed by atoms with Crippen LogP contribution >= 0.6 is 0 Å². The maximum atomic E-state index is 5.50. The summed E-state index contributed by atoms with van der Waals surface area (Å²) in [5, 5.41) is 3.88. The monoisotopic (exact) mass is 235 g/mol. The molecule has 6 heteroatoms. The van der Waals surface area contributed by atoms with Gasteiger partial charge in [0.05, 0.1) is 0 Å². The first-order valence-corrected chi connectivity index (χ1v) is 5.82. The predicted molar refractivity (Wildman–Crippen MR) is 63.0 cm³/mol. The van der Waals surface area contributed by atoms with Crippen molar-refractivity contribution in [2.45, 2.75) is 26.2 Å². The molecular weight excluding hydrogens is 218 g/mol. The zero-order chi connectivity index (χ0) is 12.1. The second-order valence-electron chi connectivity index (χ2n) is 4.17. The van der Waals surface area contributed by atoms with Crippen LogP contribution in [0.2, 0.25) is 0 Å². The van der Waals surface area contributed by atoms with Crippen LogP contribution in [0.3, 0.4) is 0 Å². The summed E-state index contributed by atoms with van der Waals surface area (Å²) >= 11 is 0. The molecule has 0 radical (unpaired) electrons. The Morgan fingerprint density at radius 3 is 3.06 bits per heavy atom. The molecule has 0 aliphatic carbocycles. The number of hydrogen-bond donors (Lipinski definition) is 2. The molecule has 0 aliphatic rings. The molecule has 0 saturated heterocycles. The average molecular weight is 235 g/mol. The first kappa shape index (κ1) is 11.8. The normalized spacial score (nSPS) is 12.8. The molecule has 0 saturated carbocycles. The summed E-state index contributed by atoms with van der Waals surface area (Å²) in [5.41, 5.74) is 5.50. The van der Waals surface area contributed by atoms with Crippen LogP contribution in [0.25, 0.3) is 11.6 Å². The molecule has 0 spiro atoms. The first-order valence-electron chi connectivity index (χ1n) is 5.82. The van der Waals surface area contributed by atoms with E-state index in [1.165, 1.54) is 0 Å². The van der Waals surface area contributed by atoms with Crippen LogP contribution in [0.4, 0.5) is 0 Å². The maximum absolute atomic E-state index is 5.50. The van der Waals surface area contributed by atoms with Crippen molar-refractivity contribution in [2.75, 3.05) is 6.54 Å². The quantitative estimate of drug-likeness (QED) is 0.788. The summed E-state index contributed by atoms with van der Waals surface area (Å²) in [6, 6.07) is 0. The molecule has 0 aromatic carbocycles. The number of nitrogens with zero attached hydrogens (tertiary/aromatic N) is 3. The Bertz CT molecular complexity index is 436. The zero-order valence-corrected chi connectivity index (χ0v) is 9.89. The van der Waals surface area contributed by atoms with E-state index in [1.54, 1.807) is 12.4 Å². The van der Waals surface area contributed by atoms with Crippen LogP contribution in [0.15, 0.2) is 16.9 Å². The minimum Gasteiger partial charge on any atom is -0.342 e. The van der Waals surface area contributed by atoms with Gasteiger partial charge in [0.1, 0.15) is 0 Å². The Balaban J connectivity index is 1.91. The highest BCUT2D eigenvalue weighted by Gasteiger charge is 2.11. The molecule has 0 bridgehead atoms. The van der Waals surface area contributed by atoms with E-state index in [-0.39, 0.29) is 0 Å². The topological polar surface area (TPSA) is 93.6 Å². The van der Waals surface area contributed by atoms with Gasteiger partial charge >= 0.3 is 0 Å². The largest absolute Gasteiger partial charge is 0.342 e. The highest BCUT2D eigenvalue weighted by Crippen LogP contribution is 2.14. The Kier molecular flexibility index (Phi) is 3.87. The minimum atomic E-state index is 0.511. The lowest BCUT2D eigenvalue weighted by Gasteiger charge is -2.06. The first-order chi connectivity index (χ1) is 8.29. The second-order valence-corrected chi connectivity index (χ2v) is 4.17. The van der Waals surface area contributed by atoms with Gasteiger partial charge in [-0.3, -0.25) is 0 Å². The number of rotatable bonds is 6. The lowest BCUT2D eigenvalue weighted by atomic mass is 10.0. The molecule has 17 heavy (non-hydrogen) atoms. The zero-order valence-electron chi connectivity index (χ0n) is 9.89. The molecule has 3 N–H and O–H groups in total. The Labute approximate surface area is 99.6 Å². The fourth-order valence-corrected chi connectivity index (χ4v) is 1.64. The van der Waals surface area contributed by atoms with Crippen molar-refractivity contribution in [3.05, 3.63) is 18.3 Å². The lowest BCUT2D eigenvalue weighted by Crippen LogP contribution is -2.06. The number of H-pyrrole nitrogens is 1. The second kappa shape index (κ2) is 5.58. The summed E-state index contributed by atoms with van der Waals surface area (Å²) in [5.74, 6) is 2.38. The summed E-state index contributed by atoms with van der Waals surface area (Å²) < 4.78 is 5.16. The number of aromatic nitrogens is 4. The molecule has 1 unspecified atom stereocenters. The summed E-state index contributed by atoms with van der Waals surface area (Å²) in [7, 11) is 0. The summed E-state index contributed by atoms with van der Waals surface area (Å²) in [6.45, 7) is 2.90. The van der Waals surface area contributed by atoms with E-state index >= 15 is 0 Å². The number of imidazole rings is 1. The highest BCUT2D eigenvalue weighted by molar-refractivity contribution is 5.40. The molecule has 0 amide bonds. The van der Waals surface area contributed by atoms with Crippen LogP contribution in [0.1, 0.15) is 25.7 Å². The number of aryl methyl sites for hydroxylation is 1. The smallest absolute Gasteiger partial charge is 0.238 e. The third-order valence-corrected chi connectivity index (χ3v) is 2.69. The van der Waals surface area contributed by atoms with Crippen LogP contribution < -0.4 is 5.73 Å². The van der Waals surface area contributed by atoms with E-state index in [9.17, 15) is 0 Å². The fourth-order valence-electron chi connectivity index (χ4n) is 1.64. The van der Waals surface area contributed by atoms with Gasteiger partial charge in [-0.1, -0.05) is 12.1 Å². The van der Waals surface area contributed by atoms with Gasteiger partial charge in [-0.05, 0) is 25.3 Å². The van der Waals surface area contributed by atoms with E-state index in [1.807, 2.05) is 0 Å². The van der Waals surface area contributed by atoms with Gasteiger partial charge < -0.3 is 15.2 Å². The molecule has 2 rings (SSSR count). The molecule has 0 fully saturated rings. The van der Waals surface area contributed by atoms with Crippen LogP contribution in [0, 0.1) is 5.92 Å². The van der Waals surface area contributed by atoms with Crippen molar-refractivity contribution in [1.29, 1.82) is 0 Å². The minimum absolute atomic E-state index is 0.511. The van der Waals surface area contributed by atoms with Crippen molar-refractivity contribution < 1.29 is 4.52 Å². The third kappa shape index (κ3) is 3.13. The molecule has 92 valence electrons. The predicted octanol–water partition coefficient (Wildman–Crippen LogP) is 1.38. The van der Waals surface area contributed by atoms with Crippen molar-refractivity contribution >= 4 is 0 Å². The summed E-state index contributed by atoms with van der Waals surface area (Å²) in [6.07, 6.45) is 6.22. The van der Waals surface area contributed by atoms with Crippen molar-refractivity contribution in [3.63, 3.8) is 0 Å². The van der Waals surface area contributed by atoms with E-state index in [0.717, 1.165) is 25.8 Å². The van der Waals surface area contributed by atoms with Gasteiger partial charge in [-0.25, -0.2) is 4.98 Å². The average Bonchev–Trinajstić information content (AvgIpc) is 2.97. The molecular formula is C11H17N5O. The van der Waals surface area contributed by atoms with Crippen molar-refractivity contribution in [3.8, 4) is 11.6 Å². The summed E-state index contributed by atoms with van der Waals surface area (Å²) in [4.78, 5) is 11.3. The molecule has 0 aliphatic heterocycles. The molecule has 1 atom stereocenters. The van der Waals surface area contributed by atoms with Crippen LogP contribution in [-0.4, -0.2) is 26.7 Å². The Morgan fingerprint density at radius 2 is 2.35 bits per heavy atom. The maximum Gasteiger partial charge on any atom is 0.238 e. The van der Waals surface area contributed by atoms with E-state index in [4.69, 9.17) is 10.3 Å². The van der Waals surface area contributed by atoms with Gasteiger partial charge in [-0.2, -0.15) is 4.98 Å². The molecule has 2 aromatic heterocycles. The molecule has 2 aromatic rings. The lowest BCUT2D eigenvalue weighted by molar-refractivity contribution is 0.362. The van der Waals surface area contributed by atoms with Gasteiger partial charge in [0, 0.05) is 18.8 Å². The highest BCUT2D eigenvalue weighted by atomic mass is 16.5. The number of nitrogens with two attached hydrogens (primary N) is 1. The van der Waals surface area contributed by atoms with Gasteiger partial charge in [0.2, 0.25) is 11.7 Å². The molecule has 2 heterocycles. The Morgan fingerprint density at radius 1 is 1.47 bits per heavy atom. The fraction of sp³-hybridized carbons (Fsp3) is 0.545.